The quantitative estimate of drug-likeness (QED) is 0.606. The van der Waals surface area contributed by atoms with Gasteiger partial charge in [0.25, 0.3) is 11.9 Å². The molecule has 1 unspecified atom stereocenters. The van der Waals surface area contributed by atoms with Crippen LogP contribution >= 0.6 is 0 Å². The maximum Gasteiger partial charge on any atom is 0.257 e. The van der Waals surface area contributed by atoms with Crippen molar-refractivity contribution in [3.8, 4) is 23.0 Å². The number of ether oxygens (including phenoxy) is 2. The highest BCUT2D eigenvalue weighted by atomic mass is 16.5. The summed E-state index contributed by atoms with van der Waals surface area (Å²) in [4.78, 5) is 24.3. The van der Waals surface area contributed by atoms with Crippen LogP contribution in [0.4, 0.5) is 0 Å². The molecule has 8 heteroatoms. The zero-order valence-corrected chi connectivity index (χ0v) is 18.1. The summed E-state index contributed by atoms with van der Waals surface area (Å²) in [5.41, 5.74) is 2.73. The molecule has 3 heterocycles. The molecule has 0 radical (unpaired) electrons. The maximum absolute atomic E-state index is 13.3. The highest BCUT2D eigenvalue weighted by molar-refractivity contribution is 5.95. The van der Waals surface area contributed by atoms with Gasteiger partial charge >= 0.3 is 0 Å². The Hall–Kier alpha value is -3.26. The van der Waals surface area contributed by atoms with Crippen molar-refractivity contribution in [1.29, 1.82) is 0 Å². The van der Waals surface area contributed by atoms with E-state index in [1.165, 1.54) is 0 Å². The normalized spacial score (nSPS) is 16.4. The molecule has 1 saturated heterocycles. The van der Waals surface area contributed by atoms with Gasteiger partial charge in [-0.3, -0.25) is 4.79 Å². The molecule has 1 atom stereocenters. The average Bonchev–Trinajstić information content (AvgIpc) is 3.23. The Morgan fingerprint density at radius 3 is 2.81 bits per heavy atom. The van der Waals surface area contributed by atoms with Crippen LogP contribution in [0.25, 0.3) is 17.2 Å². The number of likely N-dealkylation sites (tertiary alicyclic amines) is 1. The van der Waals surface area contributed by atoms with E-state index >= 15 is 0 Å². The lowest BCUT2D eigenvalue weighted by molar-refractivity contribution is 0.0630. The van der Waals surface area contributed by atoms with Crippen LogP contribution in [0.5, 0.6) is 5.75 Å². The van der Waals surface area contributed by atoms with Gasteiger partial charge in [-0.2, -0.15) is 9.78 Å². The molecule has 1 aliphatic heterocycles. The third-order valence-electron chi connectivity index (χ3n) is 5.66. The van der Waals surface area contributed by atoms with Gasteiger partial charge in [-0.25, -0.2) is 9.97 Å². The number of carbonyl (C=O) groups is 1. The number of rotatable bonds is 6. The van der Waals surface area contributed by atoms with E-state index in [4.69, 9.17) is 14.5 Å². The van der Waals surface area contributed by atoms with Gasteiger partial charge in [0.05, 0.1) is 36.9 Å². The van der Waals surface area contributed by atoms with E-state index in [0.717, 1.165) is 37.1 Å². The van der Waals surface area contributed by atoms with Gasteiger partial charge in [0.15, 0.2) is 0 Å². The van der Waals surface area contributed by atoms with E-state index in [0.29, 0.717) is 22.9 Å². The molecule has 3 aromatic rings. The monoisotopic (exact) mass is 421 g/mol. The lowest BCUT2D eigenvalue weighted by Gasteiger charge is -2.33. The molecular formula is C23H27N5O3. The fourth-order valence-corrected chi connectivity index (χ4v) is 4.01. The number of nitrogens with zero attached hydrogens (tertiary/aromatic N) is 5. The average molecular weight is 422 g/mol. The van der Waals surface area contributed by atoms with Crippen molar-refractivity contribution in [2.45, 2.75) is 38.8 Å². The molecular weight excluding hydrogens is 394 g/mol. The maximum atomic E-state index is 13.3. The zero-order valence-electron chi connectivity index (χ0n) is 18.1. The van der Waals surface area contributed by atoms with Crippen LogP contribution in [0, 0.1) is 0 Å². The van der Waals surface area contributed by atoms with Gasteiger partial charge in [-0.15, -0.1) is 0 Å². The molecule has 31 heavy (non-hydrogen) atoms. The minimum absolute atomic E-state index is 0.0219. The van der Waals surface area contributed by atoms with E-state index in [2.05, 4.69) is 17.0 Å². The number of hydrogen-bond donors (Lipinski definition) is 0. The molecule has 0 spiro atoms. The second-order valence-electron chi connectivity index (χ2n) is 7.64. The number of amides is 1. The predicted molar refractivity (Wildman–Crippen MR) is 116 cm³/mol. The minimum Gasteiger partial charge on any atom is -0.496 e. The Balaban J connectivity index is 1.73. The van der Waals surface area contributed by atoms with E-state index in [1.807, 2.05) is 35.2 Å². The molecule has 4 rings (SSSR count). The Kier molecular flexibility index (Phi) is 6.27. The molecule has 1 amide bonds. The number of piperidine rings is 1. The first kappa shape index (κ1) is 21.0. The second-order valence-corrected chi connectivity index (χ2v) is 7.64. The number of carbonyl (C=O) groups excluding carboxylic acids is 1. The summed E-state index contributed by atoms with van der Waals surface area (Å²) in [5.74, 6) is 1.08. The minimum atomic E-state index is -0.0219. The molecule has 1 aromatic carbocycles. The van der Waals surface area contributed by atoms with Gasteiger partial charge in [0, 0.05) is 31.5 Å². The summed E-state index contributed by atoms with van der Waals surface area (Å²) in [7, 11) is 3.23. The van der Waals surface area contributed by atoms with Crippen molar-refractivity contribution in [2.75, 3.05) is 20.8 Å². The molecule has 1 aliphatic rings. The smallest absolute Gasteiger partial charge is 0.257 e. The summed E-state index contributed by atoms with van der Waals surface area (Å²) < 4.78 is 12.5. The molecule has 1 fully saturated rings. The zero-order chi connectivity index (χ0) is 21.8. The van der Waals surface area contributed by atoms with Gasteiger partial charge in [-0.05, 0) is 44.4 Å². The first-order valence-corrected chi connectivity index (χ1v) is 10.5. The Bertz CT molecular complexity index is 1060. The fraction of sp³-hybridized carbons (Fsp3) is 0.391. The van der Waals surface area contributed by atoms with Gasteiger partial charge in [-0.1, -0.05) is 12.1 Å². The van der Waals surface area contributed by atoms with E-state index in [1.54, 1.807) is 31.3 Å². The van der Waals surface area contributed by atoms with Crippen LogP contribution in [0.3, 0.4) is 0 Å². The summed E-state index contributed by atoms with van der Waals surface area (Å²) >= 11 is 0. The van der Waals surface area contributed by atoms with E-state index < -0.39 is 0 Å². The van der Waals surface area contributed by atoms with Crippen LogP contribution in [0.1, 0.15) is 42.2 Å². The SMILES string of the molecule is COCc1c(C(=O)N2CCCCC2C)cnn1-c1nccc(-c2ccccc2OC)n1. The Morgan fingerprint density at radius 1 is 1.19 bits per heavy atom. The summed E-state index contributed by atoms with van der Waals surface area (Å²) in [6.45, 7) is 3.08. The highest BCUT2D eigenvalue weighted by Gasteiger charge is 2.28. The molecule has 0 bridgehead atoms. The first-order chi connectivity index (χ1) is 15.1. The Labute approximate surface area is 181 Å². The fourth-order valence-electron chi connectivity index (χ4n) is 4.01. The van der Waals surface area contributed by atoms with Gasteiger partial charge in [0.2, 0.25) is 0 Å². The van der Waals surface area contributed by atoms with Gasteiger partial charge < -0.3 is 14.4 Å². The molecule has 0 aliphatic carbocycles. The van der Waals surface area contributed by atoms with Crippen LogP contribution in [0.2, 0.25) is 0 Å². The summed E-state index contributed by atoms with van der Waals surface area (Å²) in [6, 6.07) is 9.70. The number of aromatic nitrogens is 4. The molecule has 2 aromatic heterocycles. The van der Waals surface area contributed by atoms with Crippen molar-refractivity contribution in [1.82, 2.24) is 24.6 Å². The molecule has 0 saturated carbocycles. The first-order valence-electron chi connectivity index (χ1n) is 10.5. The van der Waals surface area contributed by atoms with E-state index in [9.17, 15) is 4.79 Å². The van der Waals surface area contributed by atoms with Gasteiger partial charge in [0.1, 0.15) is 5.75 Å². The number of methoxy groups -OCH3 is 2. The van der Waals surface area contributed by atoms with Crippen molar-refractivity contribution < 1.29 is 14.3 Å². The molecule has 162 valence electrons. The molecule has 8 nitrogen and oxygen atoms in total. The summed E-state index contributed by atoms with van der Waals surface area (Å²) in [5, 5.41) is 4.46. The number of benzene rings is 1. The van der Waals surface area contributed by atoms with Crippen LogP contribution in [-0.4, -0.2) is 57.4 Å². The van der Waals surface area contributed by atoms with Crippen molar-refractivity contribution in [3.63, 3.8) is 0 Å². The Morgan fingerprint density at radius 2 is 2.03 bits per heavy atom. The van der Waals surface area contributed by atoms with Crippen molar-refractivity contribution in [3.05, 3.63) is 54.0 Å². The van der Waals surface area contributed by atoms with Crippen LogP contribution < -0.4 is 4.74 Å². The lowest BCUT2D eigenvalue weighted by Crippen LogP contribution is -2.42. The standard InChI is InChI=1S/C23H27N5O3/c1-16-8-6-7-13-27(16)22(29)18-14-25-28(20(18)15-30-2)23-24-12-11-19(26-23)17-9-4-5-10-21(17)31-3/h4-5,9-12,14,16H,6-8,13,15H2,1-3H3. The number of hydrogen-bond acceptors (Lipinski definition) is 6. The third kappa shape index (κ3) is 4.16. The molecule has 0 N–H and O–H groups in total. The number of para-hydroxylation sites is 1. The van der Waals surface area contributed by atoms with Crippen molar-refractivity contribution >= 4 is 5.91 Å². The largest absolute Gasteiger partial charge is 0.496 e. The van der Waals surface area contributed by atoms with Crippen LogP contribution in [0.15, 0.2) is 42.7 Å². The van der Waals surface area contributed by atoms with Crippen molar-refractivity contribution in [2.24, 2.45) is 0 Å². The topological polar surface area (TPSA) is 82.4 Å². The predicted octanol–water partition coefficient (Wildman–Crippen LogP) is 3.50. The van der Waals surface area contributed by atoms with Crippen LogP contribution in [-0.2, 0) is 11.3 Å². The van der Waals surface area contributed by atoms with E-state index in [-0.39, 0.29) is 18.6 Å². The second kappa shape index (κ2) is 9.26. The highest BCUT2D eigenvalue weighted by Crippen LogP contribution is 2.28. The lowest BCUT2D eigenvalue weighted by atomic mass is 10.0. The summed E-state index contributed by atoms with van der Waals surface area (Å²) in [6.07, 6.45) is 6.46. The third-order valence-corrected chi connectivity index (χ3v) is 5.66.